The number of halogens is 1. The minimum absolute atomic E-state index is 0.0384. The summed E-state index contributed by atoms with van der Waals surface area (Å²) < 4.78 is 6.19. The summed E-state index contributed by atoms with van der Waals surface area (Å²) in [4.78, 5) is 25.2. The Kier molecular flexibility index (Phi) is 3.36. The lowest BCUT2D eigenvalue weighted by Crippen LogP contribution is -2.42. The van der Waals surface area contributed by atoms with Crippen LogP contribution in [0.1, 0.15) is 13.8 Å². The van der Waals surface area contributed by atoms with Gasteiger partial charge in [-0.1, -0.05) is 11.6 Å². The van der Waals surface area contributed by atoms with Gasteiger partial charge in [0.1, 0.15) is 5.15 Å². The molecule has 0 unspecified atom stereocenters. The summed E-state index contributed by atoms with van der Waals surface area (Å²) in [6.07, 6.45) is 0. The lowest BCUT2D eigenvalue weighted by atomic mass is 10.1. The van der Waals surface area contributed by atoms with Crippen LogP contribution in [0.15, 0.2) is 15.7 Å². The SMILES string of the molecule is COC(C)(C)Cn1c(=O)cc(Cl)[nH]c1=O. The fourth-order valence-electron chi connectivity index (χ4n) is 1.09. The Morgan fingerprint density at radius 1 is 1.53 bits per heavy atom. The van der Waals surface area contributed by atoms with E-state index >= 15 is 0 Å². The molecule has 0 fully saturated rings. The number of rotatable bonds is 3. The normalized spacial score (nSPS) is 11.7. The van der Waals surface area contributed by atoms with E-state index in [9.17, 15) is 9.59 Å². The molecule has 1 rings (SSSR count). The average molecular weight is 233 g/mol. The molecular formula is C9H13ClN2O3. The Morgan fingerprint density at radius 2 is 2.13 bits per heavy atom. The number of aromatic amines is 1. The summed E-state index contributed by atoms with van der Waals surface area (Å²) in [6, 6.07) is 1.16. The first kappa shape index (κ1) is 12.0. The Bertz CT molecular complexity index is 430. The van der Waals surface area contributed by atoms with Gasteiger partial charge in [0.15, 0.2) is 0 Å². The molecule has 0 aromatic carbocycles. The Hall–Kier alpha value is -1.07. The maximum absolute atomic E-state index is 11.5. The van der Waals surface area contributed by atoms with Gasteiger partial charge in [-0.2, -0.15) is 0 Å². The van der Waals surface area contributed by atoms with Crippen molar-refractivity contribution in [2.75, 3.05) is 7.11 Å². The number of ether oxygens (including phenoxy) is 1. The van der Waals surface area contributed by atoms with Crippen molar-refractivity contribution in [1.29, 1.82) is 0 Å². The van der Waals surface area contributed by atoms with E-state index in [0.717, 1.165) is 10.6 Å². The van der Waals surface area contributed by atoms with Crippen LogP contribution in [0.5, 0.6) is 0 Å². The fourth-order valence-corrected chi connectivity index (χ4v) is 1.26. The van der Waals surface area contributed by atoms with E-state index in [1.807, 2.05) is 0 Å². The number of aromatic nitrogens is 2. The van der Waals surface area contributed by atoms with Crippen LogP contribution < -0.4 is 11.2 Å². The smallest absolute Gasteiger partial charge is 0.329 e. The van der Waals surface area contributed by atoms with Crippen molar-refractivity contribution >= 4 is 11.6 Å². The van der Waals surface area contributed by atoms with E-state index in [2.05, 4.69) is 4.98 Å². The molecule has 5 nitrogen and oxygen atoms in total. The van der Waals surface area contributed by atoms with Gasteiger partial charge in [-0.15, -0.1) is 0 Å². The molecule has 0 aliphatic heterocycles. The van der Waals surface area contributed by atoms with Crippen molar-refractivity contribution in [3.63, 3.8) is 0 Å². The van der Waals surface area contributed by atoms with Gasteiger partial charge in [0.25, 0.3) is 5.56 Å². The highest BCUT2D eigenvalue weighted by molar-refractivity contribution is 6.29. The fraction of sp³-hybridized carbons (Fsp3) is 0.556. The van der Waals surface area contributed by atoms with Crippen molar-refractivity contribution in [2.24, 2.45) is 0 Å². The van der Waals surface area contributed by atoms with Crippen LogP contribution in [-0.4, -0.2) is 22.3 Å². The maximum Gasteiger partial charge on any atom is 0.329 e. The van der Waals surface area contributed by atoms with Gasteiger partial charge in [-0.25, -0.2) is 4.79 Å². The van der Waals surface area contributed by atoms with E-state index in [0.29, 0.717) is 0 Å². The zero-order valence-corrected chi connectivity index (χ0v) is 9.59. The van der Waals surface area contributed by atoms with Crippen LogP contribution in [-0.2, 0) is 11.3 Å². The average Bonchev–Trinajstić information content (AvgIpc) is 2.11. The highest BCUT2D eigenvalue weighted by Crippen LogP contribution is 2.08. The topological polar surface area (TPSA) is 64.1 Å². The molecule has 0 saturated heterocycles. The zero-order chi connectivity index (χ0) is 11.6. The first-order valence-electron chi connectivity index (χ1n) is 4.40. The summed E-state index contributed by atoms with van der Waals surface area (Å²) in [7, 11) is 1.52. The van der Waals surface area contributed by atoms with Gasteiger partial charge >= 0.3 is 5.69 Å². The van der Waals surface area contributed by atoms with Gasteiger partial charge in [-0.3, -0.25) is 14.3 Å². The van der Waals surface area contributed by atoms with Crippen molar-refractivity contribution < 1.29 is 4.74 Å². The Labute approximate surface area is 91.6 Å². The maximum atomic E-state index is 11.5. The summed E-state index contributed by atoms with van der Waals surface area (Å²) >= 11 is 5.53. The molecule has 0 aliphatic rings. The minimum atomic E-state index is -0.579. The van der Waals surface area contributed by atoms with Crippen LogP contribution in [0.3, 0.4) is 0 Å². The lowest BCUT2D eigenvalue weighted by Gasteiger charge is -2.22. The van der Waals surface area contributed by atoms with E-state index in [1.54, 1.807) is 13.8 Å². The summed E-state index contributed by atoms with van der Waals surface area (Å²) in [5.41, 5.74) is -1.54. The van der Waals surface area contributed by atoms with Gasteiger partial charge in [-0.05, 0) is 13.8 Å². The van der Waals surface area contributed by atoms with E-state index in [1.165, 1.54) is 7.11 Å². The molecule has 1 heterocycles. The minimum Gasteiger partial charge on any atom is -0.377 e. The predicted molar refractivity (Wildman–Crippen MR) is 57.4 cm³/mol. The second-order valence-corrected chi connectivity index (χ2v) is 4.22. The van der Waals surface area contributed by atoms with E-state index in [4.69, 9.17) is 16.3 Å². The molecule has 0 bridgehead atoms. The van der Waals surface area contributed by atoms with Gasteiger partial charge in [0.05, 0.1) is 12.1 Å². The van der Waals surface area contributed by atoms with E-state index < -0.39 is 16.9 Å². The van der Waals surface area contributed by atoms with Crippen LogP contribution in [0.25, 0.3) is 0 Å². The lowest BCUT2D eigenvalue weighted by molar-refractivity contribution is 0.00637. The third kappa shape index (κ3) is 2.94. The molecule has 0 amide bonds. The first-order valence-corrected chi connectivity index (χ1v) is 4.78. The zero-order valence-electron chi connectivity index (χ0n) is 8.83. The quantitative estimate of drug-likeness (QED) is 0.777. The molecule has 0 spiro atoms. The standard InChI is InChI=1S/C9H13ClN2O3/c1-9(2,15-3)5-12-7(13)4-6(10)11-8(12)14/h4H,5H2,1-3H3,(H,11,14). The molecule has 0 atom stereocenters. The number of hydrogen-bond acceptors (Lipinski definition) is 3. The molecule has 6 heteroatoms. The molecule has 0 aliphatic carbocycles. The first-order chi connectivity index (χ1) is 6.85. The molecular weight excluding hydrogens is 220 g/mol. The molecule has 1 N–H and O–H groups in total. The molecule has 1 aromatic heterocycles. The number of nitrogens with zero attached hydrogens (tertiary/aromatic N) is 1. The highest BCUT2D eigenvalue weighted by atomic mass is 35.5. The van der Waals surface area contributed by atoms with Crippen molar-refractivity contribution in [2.45, 2.75) is 26.0 Å². The largest absolute Gasteiger partial charge is 0.377 e. The van der Waals surface area contributed by atoms with Gasteiger partial charge in [0.2, 0.25) is 0 Å². The van der Waals surface area contributed by atoms with Crippen LogP contribution >= 0.6 is 11.6 Å². The third-order valence-corrected chi connectivity index (χ3v) is 2.28. The number of nitrogens with one attached hydrogen (secondary N) is 1. The summed E-state index contributed by atoms with van der Waals surface area (Å²) in [5, 5.41) is 0.0384. The second kappa shape index (κ2) is 4.20. The second-order valence-electron chi connectivity index (χ2n) is 3.81. The van der Waals surface area contributed by atoms with Crippen LogP contribution in [0.2, 0.25) is 5.15 Å². The monoisotopic (exact) mass is 232 g/mol. The van der Waals surface area contributed by atoms with E-state index in [-0.39, 0.29) is 11.7 Å². The van der Waals surface area contributed by atoms with Gasteiger partial charge in [0, 0.05) is 13.2 Å². The van der Waals surface area contributed by atoms with Gasteiger partial charge < -0.3 is 4.74 Å². The summed E-state index contributed by atoms with van der Waals surface area (Å²) in [5.74, 6) is 0. The van der Waals surface area contributed by atoms with Crippen molar-refractivity contribution in [3.05, 3.63) is 32.1 Å². The van der Waals surface area contributed by atoms with Crippen molar-refractivity contribution in [3.8, 4) is 0 Å². The van der Waals surface area contributed by atoms with Crippen molar-refractivity contribution in [1.82, 2.24) is 9.55 Å². The number of H-pyrrole nitrogens is 1. The number of hydrogen-bond donors (Lipinski definition) is 1. The predicted octanol–water partition coefficient (Wildman–Crippen LogP) is 0.615. The summed E-state index contributed by atoms with van der Waals surface area (Å²) in [6.45, 7) is 3.75. The van der Waals surface area contributed by atoms with Crippen LogP contribution in [0, 0.1) is 0 Å². The molecule has 0 radical (unpaired) electrons. The number of methoxy groups -OCH3 is 1. The molecule has 0 saturated carbocycles. The molecule has 1 aromatic rings. The molecule has 84 valence electrons. The Morgan fingerprint density at radius 3 is 2.60 bits per heavy atom. The third-order valence-electron chi connectivity index (χ3n) is 2.08. The Balaban J connectivity index is 3.17. The van der Waals surface area contributed by atoms with Crippen LogP contribution in [0.4, 0.5) is 0 Å². The molecule has 15 heavy (non-hydrogen) atoms. The highest BCUT2D eigenvalue weighted by Gasteiger charge is 2.19.